The minimum atomic E-state index is -4.39. The second-order valence-corrected chi connectivity index (χ2v) is 4.84. The third-order valence-electron chi connectivity index (χ3n) is 1.66. The Morgan fingerprint density at radius 1 is 1.14 bits per heavy atom. The van der Waals surface area contributed by atoms with E-state index in [1.54, 1.807) is 0 Å². The maximum absolute atomic E-state index is 12.4. The number of rotatable bonds is 0. The smallest absolute Gasteiger partial charge is 0.265 e. The van der Waals surface area contributed by atoms with Gasteiger partial charge in [-0.15, -0.1) is 0 Å². The molecule has 0 aliphatic rings. The van der Waals surface area contributed by atoms with Gasteiger partial charge in [-0.3, -0.25) is 4.79 Å². The van der Waals surface area contributed by atoms with Crippen LogP contribution in [0.1, 0.15) is 5.56 Å². The van der Waals surface area contributed by atoms with E-state index in [-0.39, 0.29) is 8.76 Å². The largest absolute Gasteiger partial charge is 0.417 e. The molecule has 2 rings (SSSR count). The summed E-state index contributed by atoms with van der Waals surface area (Å²) in [4.78, 5) is 10.9. The summed E-state index contributed by atoms with van der Waals surface area (Å²) in [6.45, 7) is 0. The Balaban J connectivity index is 2.83. The van der Waals surface area contributed by atoms with Crippen molar-refractivity contribution < 1.29 is 13.2 Å². The molecule has 1 aromatic carbocycles. The molecule has 0 saturated heterocycles. The van der Waals surface area contributed by atoms with Crippen LogP contribution in [0.15, 0.2) is 23.0 Å². The van der Waals surface area contributed by atoms with E-state index in [2.05, 4.69) is 0 Å². The number of hydrogen-bond donors (Lipinski definition) is 0. The molecule has 0 saturated carbocycles. The molecule has 1 heterocycles. The summed E-state index contributed by atoms with van der Waals surface area (Å²) in [6.07, 6.45) is -4.39. The van der Waals surface area contributed by atoms with E-state index in [1.165, 1.54) is 12.1 Å². The molecule has 1 nitrogen and oxygen atoms in total. The van der Waals surface area contributed by atoms with Crippen molar-refractivity contribution in [2.75, 3.05) is 0 Å². The van der Waals surface area contributed by atoms with E-state index in [4.69, 9.17) is 0 Å². The van der Waals surface area contributed by atoms with Crippen molar-refractivity contribution in [1.82, 2.24) is 0 Å². The second kappa shape index (κ2) is 3.06. The Morgan fingerprint density at radius 2 is 1.86 bits per heavy atom. The Hall–Kier alpha value is -0.880. The maximum Gasteiger partial charge on any atom is 0.417 e. The van der Waals surface area contributed by atoms with E-state index in [0.29, 0.717) is 16.0 Å². The number of benzene rings is 1. The van der Waals surface area contributed by atoms with Gasteiger partial charge in [-0.2, -0.15) is 13.2 Å². The van der Waals surface area contributed by atoms with Gasteiger partial charge in [0.2, 0.25) is 0 Å². The molecule has 0 bridgehead atoms. The zero-order valence-electron chi connectivity index (χ0n) is 6.59. The minimum absolute atomic E-state index is 0.0370. The number of alkyl halides is 3. The van der Waals surface area contributed by atoms with Gasteiger partial charge in [-0.1, -0.05) is 28.7 Å². The van der Waals surface area contributed by atoms with Gasteiger partial charge in [-0.25, -0.2) is 0 Å². The Labute approximate surface area is 84.4 Å². The zero-order valence-corrected chi connectivity index (χ0v) is 8.22. The fourth-order valence-electron chi connectivity index (χ4n) is 1.12. The molecule has 0 aliphatic heterocycles. The summed E-state index contributed by atoms with van der Waals surface area (Å²) in [5.41, 5.74) is -0.724. The monoisotopic (exact) mass is 236 g/mol. The Bertz CT molecular complexity index is 523. The van der Waals surface area contributed by atoms with E-state index >= 15 is 0 Å². The highest BCUT2D eigenvalue weighted by Crippen LogP contribution is 2.36. The molecular formula is C8H3F3OS2. The highest BCUT2D eigenvalue weighted by atomic mass is 32.2. The molecule has 6 heteroatoms. The first-order valence-electron chi connectivity index (χ1n) is 3.58. The topological polar surface area (TPSA) is 17.1 Å². The van der Waals surface area contributed by atoms with Crippen LogP contribution in [0.2, 0.25) is 0 Å². The summed E-state index contributed by atoms with van der Waals surface area (Å²) >= 11 is 1.49. The van der Waals surface area contributed by atoms with Crippen molar-refractivity contribution in [2.45, 2.75) is 6.18 Å². The minimum Gasteiger partial charge on any atom is -0.265 e. The van der Waals surface area contributed by atoms with Crippen LogP contribution in [0.5, 0.6) is 0 Å². The van der Waals surface area contributed by atoms with Crippen LogP contribution in [0.25, 0.3) is 9.40 Å². The standard InChI is InChI=1S/C8H3F3OS2/c9-8(10,11)4-2-1-3-5-6(4)14-7(12)13-5/h1-3H. The zero-order chi connectivity index (χ0) is 10.3. The molecule has 0 spiro atoms. The average molecular weight is 236 g/mol. The van der Waals surface area contributed by atoms with Crippen LogP contribution in [0.3, 0.4) is 0 Å². The van der Waals surface area contributed by atoms with Gasteiger partial charge in [-0.05, 0) is 12.1 Å². The van der Waals surface area contributed by atoms with Gasteiger partial charge >= 0.3 is 6.18 Å². The van der Waals surface area contributed by atoms with Crippen LogP contribution in [-0.2, 0) is 6.18 Å². The molecule has 0 N–H and O–H groups in total. The summed E-state index contributed by atoms with van der Waals surface area (Å²) in [5, 5.41) is 0. The van der Waals surface area contributed by atoms with Gasteiger partial charge < -0.3 is 0 Å². The molecule has 0 amide bonds. The normalized spacial score (nSPS) is 12.2. The molecule has 2 aromatic rings. The second-order valence-electron chi connectivity index (χ2n) is 2.58. The van der Waals surface area contributed by atoms with Gasteiger partial charge in [0.25, 0.3) is 4.06 Å². The SMILES string of the molecule is O=c1sc2cccc(C(F)(F)F)c2s1. The van der Waals surface area contributed by atoms with Crippen LogP contribution in [0, 0.1) is 0 Å². The van der Waals surface area contributed by atoms with E-state index in [9.17, 15) is 18.0 Å². The van der Waals surface area contributed by atoms with Crippen molar-refractivity contribution in [1.29, 1.82) is 0 Å². The van der Waals surface area contributed by atoms with Crippen molar-refractivity contribution in [3.05, 3.63) is 32.6 Å². The summed E-state index contributed by atoms with van der Waals surface area (Å²) < 4.78 is 37.4. The van der Waals surface area contributed by atoms with Crippen molar-refractivity contribution >= 4 is 32.1 Å². The summed E-state index contributed by atoms with van der Waals surface area (Å²) in [6, 6.07) is 3.83. The van der Waals surface area contributed by atoms with Crippen molar-refractivity contribution in [3.8, 4) is 0 Å². The molecule has 14 heavy (non-hydrogen) atoms. The van der Waals surface area contributed by atoms with Crippen molar-refractivity contribution in [3.63, 3.8) is 0 Å². The average Bonchev–Trinajstić information content (AvgIpc) is 2.41. The predicted octanol–water partition coefficient (Wildman–Crippen LogP) is 3.34. The molecule has 0 unspecified atom stereocenters. The molecule has 0 fully saturated rings. The summed E-state index contributed by atoms with van der Waals surface area (Å²) in [5.74, 6) is 0. The predicted molar refractivity (Wildman–Crippen MR) is 51.0 cm³/mol. The van der Waals surface area contributed by atoms with Gasteiger partial charge in [0, 0.05) is 4.70 Å². The van der Waals surface area contributed by atoms with E-state index in [0.717, 1.165) is 17.4 Å². The fourth-order valence-corrected chi connectivity index (χ4v) is 3.21. The van der Waals surface area contributed by atoms with E-state index < -0.39 is 11.7 Å². The lowest BCUT2D eigenvalue weighted by Crippen LogP contribution is -2.04. The highest BCUT2D eigenvalue weighted by molar-refractivity contribution is 7.35. The van der Waals surface area contributed by atoms with Gasteiger partial charge in [0.05, 0.1) is 10.3 Å². The first-order chi connectivity index (χ1) is 6.48. The Morgan fingerprint density at radius 3 is 2.50 bits per heavy atom. The number of halogens is 3. The first kappa shape index (κ1) is 9.67. The lowest BCUT2D eigenvalue weighted by atomic mass is 10.2. The molecular weight excluding hydrogens is 233 g/mol. The van der Waals surface area contributed by atoms with Crippen LogP contribution >= 0.6 is 22.7 Å². The molecule has 0 atom stereocenters. The number of hydrogen-bond acceptors (Lipinski definition) is 3. The lowest BCUT2D eigenvalue weighted by molar-refractivity contribution is -0.136. The molecule has 0 aliphatic carbocycles. The quantitative estimate of drug-likeness (QED) is 0.685. The van der Waals surface area contributed by atoms with Crippen LogP contribution in [0.4, 0.5) is 13.2 Å². The van der Waals surface area contributed by atoms with Gasteiger partial charge in [0.15, 0.2) is 0 Å². The van der Waals surface area contributed by atoms with Gasteiger partial charge in [0.1, 0.15) is 0 Å². The third-order valence-corrected chi connectivity index (χ3v) is 3.83. The lowest BCUT2D eigenvalue weighted by Gasteiger charge is -2.06. The first-order valence-corrected chi connectivity index (χ1v) is 5.21. The van der Waals surface area contributed by atoms with Crippen LogP contribution in [-0.4, -0.2) is 0 Å². The maximum atomic E-state index is 12.4. The molecule has 0 radical (unpaired) electrons. The highest BCUT2D eigenvalue weighted by Gasteiger charge is 2.33. The van der Waals surface area contributed by atoms with E-state index in [1.807, 2.05) is 0 Å². The van der Waals surface area contributed by atoms with Crippen LogP contribution < -0.4 is 4.06 Å². The van der Waals surface area contributed by atoms with Crippen molar-refractivity contribution in [2.24, 2.45) is 0 Å². The fraction of sp³-hybridized carbons (Fsp3) is 0.125. The molecule has 1 aromatic heterocycles. The Kier molecular flexibility index (Phi) is 2.11. The third kappa shape index (κ3) is 1.55. The number of fused-ring (bicyclic) bond motifs is 1. The molecule has 74 valence electrons. The summed E-state index contributed by atoms with van der Waals surface area (Å²) in [7, 11) is 0.